The predicted molar refractivity (Wildman–Crippen MR) is 94.7 cm³/mol. The molecule has 1 unspecified atom stereocenters. The maximum Gasteiger partial charge on any atom is 0.332 e. The van der Waals surface area contributed by atoms with E-state index in [2.05, 4.69) is 0 Å². The van der Waals surface area contributed by atoms with Crippen molar-refractivity contribution in [3.8, 4) is 0 Å². The first kappa shape index (κ1) is 18.9. The number of sulfone groups is 1. The molecule has 0 aliphatic heterocycles. The number of ketones is 1. The molecular formula is C19H20O5S. The van der Waals surface area contributed by atoms with Gasteiger partial charge in [0.25, 0.3) is 0 Å². The summed E-state index contributed by atoms with van der Waals surface area (Å²) in [6.07, 6.45) is 0. The van der Waals surface area contributed by atoms with Crippen LogP contribution in [-0.2, 0) is 24.2 Å². The van der Waals surface area contributed by atoms with Gasteiger partial charge < -0.3 is 4.74 Å². The average Bonchev–Trinajstić information content (AvgIpc) is 2.56. The van der Waals surface area contributed by atoms with Crippen LogP contribution in [0.25, 0.3) is 0 Å². The molecule has 0 radical (unpaired) electrons. The maximum absolute atomic E-state index is 13.3. The molecule has 1 atom stereocenters. The largest absolute Gasteiger partial charge is 0.465 e. The summed E-state index contributed by atoms with van der Waals surface area (Å²) in [5, 5.41) is -2.98. The SMILES string of the molecule is CCOC(=O)C(C(C)=O)S(=O)(=O)C(c1ccccc1)c1ccccc1. The Labute approximate surface area is 147 Å². The summed E-state index contributed by atoms with van der Waals surface area (Å²) < 4.78 is 31.4. The van der Waals surface area contributed by atoms with Gasteiger partial charge in [0.1, 0.15) is 5.25 Å². The van der Waals surface area contributed by atoms with E-state index in [0.717, 1.165) is 6.92 Å². The second-order valence-corrected chi connectivity index (χ2v) is 7.65. The van der Waals surface area contributed by atoms with Gasteiger partial charge in [-0.1, -0.05) is 60.7 Å². The molecule has 0 amide bonds. The lowest BCUT2D eigenvalue weighted by Crippen LogP contribution is -2.40. The molecule has 0 aliphatic rings. The van der Waals surface area contributed by atoms with E-state index in [1.165, 1.54) is 0 Å². The highest BCUT2D eigenvalue weighted by atomic mass is 32.2. The summed E-state index contributed by atoms with van der Waals surface area (Å²) in [6, 6.07) is 17.1. The third kappa shape index (κ3) is 4.14. The molecule has 0 fully saturated rings. The van der Waals surface area contributed by atoms with E-state index in [0.29, 0.717) is 11.1 Å². The normalized spacial score (nSPS) is 12.6. The minimum absolute atomic E-state index is 0.000522. The monoisotopic (exact) mass is 360 g/mol. The van der Waals surface area contributed by atoms with Crippen molar-refractivity contribution >= 4 is 21.6 Å². The lowest BCUT2D eigenvalue weighted by molar-refractivity contribution is -0.144. The number of hydrogen-bond acceptors (Lipinski definition) is 5. The zero-order valence-electron chi connectivity index (χ0n) is 14.1. The van der Waals surface area contributed by atoms with E-state index in [9.17, 15) is 18.0 Å². The zero-order valence-corrected chi connectivity index (χ0v) is 14.9. The van der Waals surface area contributed by atoms with Crippen LogP contribution < -0.4 is 0 Å². The van der Waals surface area contributed by atoms with Gasteiger partial charge in [-0.05, 0) is 25.0 Å². The quantitative estimate of drug-likeness (QED) is 0.560. The van der Waals surface area contributed by atoms with Gasteiger partial charge >= 0.3 is 5.97 Å². The number of Topliss-reactive ketones (excluding diaryl/α,β-unsaturated/α-hetero) is 1. The average molecular weight is 360 g/mol. The van der Waals surface area contributed by atoms with Crippen LogP contribution in [0.1, 0.15) is 30.2 Å². The van der Waals surface area contributed by atoms with Crippen molar-refractivity contribution < 1.29 is 22.7 Å². The molecule has 0 spiro atoms. The first-order valence-electron chi connectivity index (χ1n) is 7.89. The van der Waals surface area contributed by atoms with Gasteiger partial charge in [-0.2, -0.15) is 0 Å². The fraction of sp³-hybridized carbons (Fsp3) is 0.263. The molecular weight excluding hydrogens is 340 g/mol. The van der Waals surface area contributed by atoms with E-state index in [-0.39, 0.29) is 6.61 Å². The second kappa shape index (κ2) is 8.07. The lowest BCUT2D eigenvalue weighted by atomic mass is 10.0. The van der Waals surface area contributed by atoms with Crippen LogP contribution >= 0.6 is 0 Å². The van der Waals surface area contributed by atoms with Crippen molar-refractivity contribution in [2.45, 2.75) is 24.3 Å². The van der Waals surface area contributed by atoms with Gasteiger partial charge in [0.05, 0.1) is 6.61 Å². The second-order valence-electron chi connectivity index (χ2n) is 5.53. The highest BCUT2D eigenvalue weighted by Gasteiger charge is 2.44. The Morgan fingerprint density at radius 3 is 1.72 bits per heavy atom. The summed E-state index contributed by atoms with van der Waals surface area (Å²) in [4.78, 5) is 24.2. The van der Waals surface area contributed by atoms with Gasteiger partial charge in [0, 0.05) is 0 Å². The van der Waals surface area contributed by atoms with Crippen LogP contribution in [-0.4, -0.2) is 32.0 Å². The Kier molecular flexibility index (Phi) is 6.09. The van der Waals surface area contributed by atoms with Gasteiger partial charge in [-0.3, -0.25) is 9.59 Å². The third-order valence-electron chi connectivity index (χ3n) is 3.73. The number of rotatable bonds is 7. The molecule has 0 aromatic heterocycles. The number of esters is 1. The number of carbonyl (C=O) groups excluding carboxylic acids is 2. The number of hydrogen-bond donors (Lipinski definition) is 0. The van der Waals surface area contributed by atoms with Crippen molar-refractivity contribution in [2.24, 2.45) is 0 Å². The van der Waals surface area contributed by atoms with E-state index in [1.54, 1.807) is 67.6 Å². The Balaban J connectivity index is 2.63. The van der Waals surface area contributed by atoms with Crippen molar-refractivity contribution in [1.29, 1.82) is 0 Å². The summed E-state index contributed by atoms with van der Waals surface area (Å²) in [5.74, 6) is -1.79. The van der Waals surface area contributed by atoms with Crippen LogP contribution in [0.5, 0.6) is 0 Å². The Morgan fingerprint density at radius 2 is 1.36 bits per heavy atom. The summed E-state index contributed by atoms with van der Waals surface area (Å²) in [5.41, 5.74) is 0.980. The molecule has 132 valence electrons. The molecule has 0 heterocycles. The topological polar surface area (TPSA) is 77.5 Å². The molecule has 0 saturated carbocycles. The fourth-order valence-corrected chi connectivity index (χ4v) is 4.86. The molecule has 6 heteroatoms. The molecule has 2 aromatic carbocycles. The van der Waals surface area contributed by atoms with Gasteiger partial charge in [-0.15, -0.1) is 0 Å². The molecule has 0 bridgehead atoms. The summed E-state index contributed by atoms with van der Waals surface area (Å²) in [6.45, 7) is 2.65. The van der Waals surface area contributed by atoms with Gasteiger partial charge in [0.2, 0.25) is 5.25 Å². The first-order valence-corrected chi connectivity index (χ1v) is 9.50. The Morgan fingerprint density at radius 1 is 0.920 bits per heavy atom. The Bertz CT molecular complexity index is 789. The fourth-order valence-electron chi connectivity index (χ4n) is 2.71. The molecule has 0 aliphatic carbocycles. The summed E-state index contributed by atoms with van der Waals surface area (Å²) in [7, 11) is -4.21. The molecule has 5 nitrogen and oxygen atoms in total. The van der Waals surface area contributed by atoms with Crippen LogP contribution in [0.2, 0.25) is 0 Å². The van der Waals surface area contributed by atoms with Gasteiger partial charge in [0.15, 0.2) is 15.6 Å². The summed E-state index contributed by atoms with van der Waals surface area (Å²) >= 11 is 0. The van der Waals surface area contributed by atoms with Crippen molar-refractivity contribution in [2.75, 3.05) is 6.61 Å². The van der Waals surface area contributed by atoms with E-state index >= 15 is 0 Å². The number of carbonyl (C=O) groups is 2. The van der Waals surface area contributed by atoms with Crippen LogP contribution in [0.15, 0.2) is 60.7 Å². The number of ether oxygens (including phenoxy) is 1. The van der Waals surface area contributed by atoms with Crippen LogP contribution in [0.3, 0.4) is 0 Å². The predicted octanol–water partition coefficient (Wildman–Crippen LogP) is 2.71. The van der Waals surface area contributed by atoms with Crippen molar-refractivity contribution in [1.82, 2.24) is 0 Å². The maximum atomic E-state index is 13.3. The minimum Gasteiger partial charge on any atom is -0.465 e. The lowest BCUT2D eigenvalue weighted by Gasteiger charge is -2.23. The highest BCUT2D eigenvalue weighted by Crippen LogP contribution is 2.33. The molecule has 2 rings (SSSR count). The molecule has 0 N–H and O–H groups in total. The van der Waals surface area contributed by atoms with Crippen molar-refractivity contribution in [3.63, 3.8) is 0 Å². The molecule has 2 aromatic rings. The smallest absolute Gasteiger partial charge is 0.332 e. The van der Waals surface area contributed by atoms with Gasteiger partial charge in [-0.25, -0.2) is 8.42 Å². The first-order chi connectivity index (χ1) is 11.9. The van der Waals surface area contributed by atoms with Crippen LogP contribution in [0.4, 0.5) is 0 Å². The highest BCUT2D eigenvalue weighted by molar-refractivity contribution is 7.94. The van der Waals surface area contributed by atoms with Crippen molar-refractivity contribution in [3.05, 3.63) is 71.8 Å². The van der Waals surface area contributed by atoms with Crippen LogP contribution in [0, 0.1) is 0 Å². The van der Waals surface area contributed by atoms with E-state index < -0.39 is 32.1 Å². The third-order valence-corrected chi connectivity index (χ3v) is 6.11. The molecule has 0 saturated heterocycles. The van der Waals surface area contributed by atoms with E-state index in [1.807, 2.05) is 0 Å². The molecule has 25 heavy (non-hydrogen) atoms. The standard InChI is InChI=1S/C19H20O5S/c1-3-24-19(21)17(14(2)20)25(22,23)18(15-10-6-4-7-11-15)16-12-8-5-9-13-16/h4-13,17-18H,3H2,1-2H3. The zero-order chi connectivity index (χ0) is 18.4. The Hall–Kier alpha value is -2.47. The number of benzene rings is 2. The van der Waals surface area contributed by atoms with E-state index in [4.69, 9.17) is 4.74 Å². The minimum atomic E-state index is -4.21.